The van der Waals surface area contributed by atoms with E-state index >= 15 is 0 Å². The van der Waals surface area contributed by atoms with Crippen LogP contribution in [-0.2, 0) is 0 Å². The lowest BCUT2D eigenvalue weighted by Gasteiger charge is -2.37. The van der Waals surface area contributed by atoms with Crippen molar-refractivity contribution in [2.45, 2.75) is 45.2 Å². The quantitative estimate of drug-likeness (QED) is 0.746. The molecular formula is C12H27N3. The third kappa shape index (κ3) is 3.74. The third-order valence-corrected chi connectivity index (χ3v) is 3.44. The number of hydrogen-bond donors (Lipinski definition) is 1. The Morgan fingerprint density at radius 1 is 1.27 bits per heavy atom. The van der Waals surface area contributed by atoms with Gasteiger partial charge in [-0.25, -0.2) is 0 Å². The van der Waals surface area contributed by atoms with Gasteiger partial charge in [-0.3, -0.25) is 4.90 Å². The zero-order valence-corrected chi connectivity index (χ0v) is 10.8. The average molecular weight is 213 g/mol. The summed E-state index contributed by atoms with van der Waals surface area (Å²) in [6.07, 6.45) is 2.39. The molecular weight excluding hydrogens is 186 g/mol. The molecule has 1 fully saturated rings. The lowest BCUT2D eigenvalue weighted by atomic mass is 10.0. The van der Waals surface area contributed by atoms with E-state index in [4.69, 9.17) is 5.73 Å². The fourth-order valence-electron chi connectivity index (χ4n) is 2.29. The fourth-order valence-corrected chi connectivity index (χ4v) is 2.29. The Labute approximate surface area is 94.6 Å². The van der Waals surface area contributed by atoms with Crippen molar-refractivity contribution in [2.75, 3.05) is 33.2 Å². The molecule has 0 spiro atoms. The molecule has 15 heavy (non-hydrogen) atoms. The minimum atomic E-state index is 0.290. The van der Waals surface area contributed by atoms with E-state index in [1.54, 1.807) is 0 Å². The van der Waals surface area contributed by atoms with Crippen molar-refractivity contribution in [3.05, 3.63) is 0 Å². The Morgan fingerprint density at radius 3 is 2.47 bits per heavy atom. The lowest BCUT2D eigenvalue weighted by molar-refractivity contribution is 0.116. The van der Waals surface area contributed by atoms with Gasteiger partial charge in [0.25, 0.3) is 0 Å². The summed E-state index contributed by atoms with van der Waals surface area (Å²) in [5.41, 5.74) is 5.97. The molecule has 3 heteroatoms. The number of nitrogens with zero attached hydrogens (tertiary/aromatic N) is 2. The van der Waals surface area contributed by atoms with Crippen LogP contribution in [0.3, 0.4) is 0 Å². The second-order valence-electron chi connectivity index (χ2n) is 5.68. The van der Waals surface area contributed by atoms with Crippen LogP contribution in [0.15, 0.2) is 0 Å². The molecule has 1 heterocycles. The van der Waals surface area contributed by atoms with E-state index in [1.165, 1.54) is 19.5 Å². The van der Waals surface area contributed by atoms with Crippen LogP contribution in [-0.4, -0.2) is 54.6 Å². The summed E-state index contributed by atoms with van der Waals surface area (Å²) in [6, 6.07) is 0.636. The zero-order valence-electron chi connectivity index (χ0n) is 10.8. The molecule has 0 amide bonds. The van der Waals surface area contributed by atoms with Crippen molar-refractivity contribution in [2.24, 2.45) is 5.73 Å². The maximum absolute atomic E-state index is 5.68. The smallest absolute Gasteiger partial charge is 0.0232 e. The maximum atomic E-state index is 5.68. The molecule has 1 aliphatic rings. The van der Waals surface area contributed by atoms with E-state index in [-0.39, 0.29) is 5.54 Å². The molecule has 1 unspecified atom stereocenters. The topological polar surface area (TPSA) is 32.5 Å². The summed E-state index contributed by atoms with van der Waals surface area (Å²) >= 11 is 0. The van der Waals surface area contributed by atoms with E-state index < -0.39 is 0 Å². The minimum absolute atomic E-state index is 0.290. The van der Waals surface area contributed by atoms with Gasteiger partial charge >= 0.3 is 0 Å². The van der Waals surface area contributed by atoms with E-state index in [1.807, 2.05) is 0 Å². The van der Waals surface area contributed by atoms with Crippen LogP contribution in [0.25, 0.3) is 0 Å². The largest absolute Gasteiger partial charge is 0.330 e. The van der Waals surface area contributed by atoms with Gasteiger partial charge in [0.05, 0.1) is 0 Å². The highest BCUT2D eigenvalue weighted by atomic mass is 15.3. The number of hydrogen-bond acceptors (Lipinski definition) is 3. The van der Waals surface area contributed by atoms with Gasteiger partial charge in [-0.1, -0.05) is 0 Å². The molecule has 0 saturated carbocycles. The van der Waals surface area contributed by atoms with Crippen LogP contribution in [0.5, 0.6) is 0 Å². The average Bonchev–Trinajstić information content (AvgIpc) is 2.29. The van der Waals surface area contributed by atoms with Crippen LogP contribution in [0.2, 0.25) is 0 Å². The number of nitrogens with two attached hydrogens (primary N) is 1. The first-order valence-electron chi connectivity index (χ1n) is 6.10. The van der Waals surface area contributed by atoms with Crippen molar-refractivity contribution in [3.8, 4) is 0 Å². The van der Waals surface area contributed by atoms with Crippen molar-refractivity contribution in [1.29, 1.82) is 0 Å². The van der Waals surface area contributed by atoms with Gasteiger partial charge in [0.1, 0.15) is 0 Å². The van der Waals surface area contributed by atoms with E-state index in [9.17, 15) is 0 Å². The minimum Gasteiger partial charge on any atom is -0.330 e. The van der Waals surface area contributed by atoms with Gasteiger partial charge in [-0.05, 0) is 60.3 Å². The van der Waals surface area contributed by atoms with Crippen LogP contribution in [0.1, 0.15) is 33.6 Å². The molecule has 3 nitrogen and oxygen atoms in total. The maximum Gasteiger partial charge on any atom is 0.0232 e. The van der Waals surface area contributed by atoms with Gasteiger partial charge in [-0.15, -0.1) is 0 Å². The van der Waals surface area contributed by atoms with Crippen molar-refractivity contribution in [3.63, 3.8) is 0 Å². The molecule has 1 rings (SSSR count). The van der Waals surface area contributed by atoms with Crippen molar-refractivity contribution < 1.29 is 0 Å². The van der Waals surface area contributed by atoms with Crippen molar-refractivity contribution in [1.82, 2.24) is 9.80 Å². The van der Waals surface area contributed by atoms with E-state index in [2.05, 4.69) is 37.6 Å². The summed E-state index contributed by atoms with van der Waals surface area (Å²) in [7, 11) is 2.23. The fraction of sp³-hybridized carbons (Fsp3) is 1.00. The van der Waals surface area contributed by atoms with Gasteiger partial charge in [-0.2, -0.15) is 0 Å². The molecule has 0 aromatic heterocycles. The third-order valence-electron chi connectivity index (χ3n) is 3.44. The monoisotopic (exact) mass is 213 g/mol. The Bertz CT molecular complexity index is 186. The Morgan fingerprint density at radius 2 is 1.93 bits per heavy atom. The van der Waals surface area contributed by atoms with Gasteiger partial charge in [0.15, 0.2) is 0 Å². The zero-order chi connectivity index (χ0) is 11.5. The van der Waals surface area contributed by atoms with Crippen LogP contribution in [0.4, 0.5) is 0 Å². The Hall–Kier alpha value is -0.120. The second-order valence-corrected chi connectivity index (χ2v) is 5.68. The first-order valence-corrected chi connectivity index (χ1v) is 6.10. The molecule has 0 aromatic rings. The standard InChI is InChI=1S/C12H27N3/c1-12(2,3)15-9-5-8-14(4)11(10-15)6-7-13/h11H,5-10,13H2,1-4H3. The first kappa shape index (κ1) is 12.9. The molecule has 1 atom stereocenters. The summed E-state index contributed by atoms with van der Waals surface area (Å²) in [5.74, 6) is 0. The summed E-state index contributed by atoms with van der Waals surface area (Å²) < 4.78 is 0. The molecule has 0 aromatic carbocycles. The molecule has 0 bridgehead atoms. The molecule has 0 aliphatic carbocycles. The summed E-state index contributed by atoms with van der Waals surface area (Å²) in [4.78, 5) is 5.06. The highest BCUT2D eigenvalue weighted by molar-refractivity contribution is 4.84. The van der Waals surface area contributed by atoms with Crippen LogP contribution >= 0.6 is 0 Å². The van der Waals surface area contributed by atoms with Crippen LogP contribution < -0.4 is 5.73 Å². The van der Waals surface area contributed by atoms with Crippen LogP contribution in [0, 0.1) is 0 Å². The lowest BCUT2D eigenvalue weighted by Crippen LogP contribution is -2.47. The normalized spacial score (nSPS) is 26.6. The highest BCUT2D eigenvalue weighted by Crippen LogP contribution is 2.19. The molecule has 90 valence electrons. The molecule has 2 N–H and O–H groups in total. The molecule has 0 radical (unpaired) electrons. The highest BCUT2D eigenvalue weighted by Gasteiger charge is 2.28. The predicted octanol–water partition coefficient (Wildman–Crippen LogP) is 1.14. The van der Waals surface area contributed by atoms with Gasteiger partial charge in [0.2, 0.25) is 0 Å². The SMILES string of the molecule is CN1CCCN(C(C)(C)C)CC1CCN. The van der Waals surface area contributed by atoms with Gasteiger partial charge in [0, 0.05) is 18.1 Å². The number of rotatable bonds is 2. The van der Waals surface area contributed by atoms with Gasteiger partial charge < -0.3 is 10.6 Å². The Kier molecular flexibility index (Phi) is 4.56. The second kappa shape index (κ2) is 5.28. The Balaban J connectivity index is 2.63. The first-order chi connectivity index (χ1) is 6.95. The van der Waals surface area contributed by atoms with E-state index in [0.29, 0.717) is 6.04 Å². The molecule has 1 saturated heterocycles. The number of likely N-dealkylation sites (N-methyl/N-ethyl adjacent to an activating group) is 1. The summed E-state index contributed by atoms with van der Waals surface area (Å²) in [6.45, 7) is 11.3. The molecule has 1 aliphatic heterocycles. The van der Waals surface area contributed by atoms with Crippen molar-refractivity contribution >= 4 is 0 Å². The predicted molar refractivity (Wildman–Crippen MR) is 66.0 cm³/mol. The van der Waals surface area contributed by atoms with E-state index in [0.717, 1.165) is 19.5 Å². The summed E-state index contributed by atoms with van der Waals surface area (Å²) in [5, 5.41) is 0.